The zero-order valence-corrected chi connectivity index (χ0v) is 19.3. The monoisotopic (exact) mass is 502 g/mol. The van der Waals surface area contributed by atoms with Gasteiger partial charge in [-0.1, -0.05) is 65.9 Å². The summed E-state index contributed by atoms with van der Waals surface area (Å²) in [5, 5.41) is 10.8. The molecule has 5 rings (SSSR count). The Balaban J connectivity index is 1.36. The first-order valence-corrected chi connectivity index (χ1v) is 12.5. The van der Waals surface area contributed by atoms with Crippen molar-refractivity contribution in [2.24, 2.45) is 23.7 Å². The van der Waals surface area contributed by atoms with Gasteiger partial charge in [0.1, 0.15) is 12.4 Å². The van der Waals surface area contributed by atoms with Crippen molar-refractivity contribution in [1.29, 1.82) is 0 Å². The quantitative estimate of drug-likeness (QED) is 0.404. The van der Waals surface area contributed by atoms with Crippen molar-refractivity contribution in [2.45, 2.75) is 61.6 Å². The highest BCUT2D eigenvalue weighted by Gasteiger charge is 2.50. The van der Waals surface area contributed by atoms with Gasteiger partial charge in [0.2, 0.25) is 0 Å². The predicted octanol–water partition coefficient (Wildman–Crippen LogP) is 6.14. The van der Waals surface area contributed by atoms with Crippen molar-refractivity contribution in [3.05, 3.63) is 65.2 Å². The van der Waals surface area contributed by atoms with E-state index in [-0.39, 0.29) is 6.10 Å². The van der Waals surface area contributed by atoms with E-state index in [1.807, 2.05) is 6.07 Å². The molecule has 0 aliphatic heterocycles. The van der Waals surface area contributed by atoms with E-state index >= 15 is 0 Å². The van der Waals surface area contributed by atoms with E-state index in [0.29, 0.717) is 34.2 Å². The second kappa shape index (κ2) is 8.22. The summed E-state index contributed by atoms with van der Waals surface area (Å²) < 4.78 is 6.72. The van der Waals surface area contributed by atoms with Crippen LogP contribution in [-0.4, -0.2) is 15.1 Å². The predicted molar refractivity (Wildman–Crippen MR) is 126 cm³/mol. The summed E-state index contributed by atoms with van der Waals surface area (Å²) in [6.07, 6.45) is 5.83. The van der Waals surface area contributed by atoms with Crippen LogP contribution in [-0.2, 0) is 13.0 Å². The molecule has 3 heteroatoms. The molecular weight excluding hydrogens is 471 g/mol. The molecule has 2 fully saturated rings. The minimum absolute atomic E-state index is 0.0956. The van der Waals surface area contributed by atoms with E-state index in [1.165, 1.54) is 30.4 Å². The van der Waals surface area contributed by atoms with E-state index in [0.717, 1.165) is 24.5 Å². The molecule has 2 aromatic rings. The molecular formula is C26H31IO2. The summed E-state index contributed by atoms with van der Waals surface area (Å²) in [6.45, 7) is 3.01. The van der Waals surface area contributed by atoms with Crippen LogP contribution in [0.5, 0.6) is 5.75 Å². The number of fused-ring (bicyclic) bond motifs is 5. The number of hydrogen-bond donors (Lipinski definition) is 1. The molecule has 0 aromatic heterocycles. The van der Waals surface area contributed by atoms with Gasteiger partial charge in [-0.3, -0.25) is 0 Å². The fourth-order valence-electron chi connectivity index (χ4n) is 6.63. The van der Waals surface area contributed by atoms with Gasteiger partial charge in [0.05, 0.1) is 6.10 Å². The highest BCUT2D eigenvalue weighted by Crippen LogP contribution is 2.56. The van der Waals surface area contributed by atoms with Crippen LogP contribution in [0.2, 0.25) is 0 Å². The van der Waals surface area contributed by atoms with Gasteiger partial charge in [0.25, 0.3) is 0 Å². The fourth-order valence-corrected chi connectivity index (χ4v) is 7.74. The van der Waals surface area contributed by atoms with Crippen molar-refractivity contribution in [3.8, 4) is 5.75 Å². The minimum Gasteiger partial charge on any atom is -0.489 e. The average molecular weight is 502 g/mol. The smallest absolute Gasteiger partial charge is 0.120 e. The van der Waals surface area contributed by atoms with Gasteiger partial charge in [-0.2, -0.15) is 0 Å². The zero-order valence-electron chi connectivity index (χ0n) is 17.1. The Morgan fingerprint density at radius 2 is 1.86 bits per heavy atom. The van der Waals surface area contributed by atoms with Crippen LogP contribution in [0, 0.1) is 23.7 Å². The lowest BCUT2D eigenvalue weighted by Crippen LogP contribution is -2.49. The first kappa shape index (κ1) is 19.9. The molecule has 2 nitrogen and oxygen atoms in total. The molecule has 7 atom stereocenters. The van der Waals surface area contributed by atoms with Crippen LogP contribution in [0.4, 0.5) is 0 Å². The first-order chi connectivity index (χ1) is 14.1. The lowest BCUT2D eigenvalue weighted by atomic mass is 9.53. The number of ether oxygens (including phenoxy) is 1. The number of benzene rings is 2. The number of alkyl halides is 1. The Labute approximate surface area is 188 Å². The van der Waals surface area contributed by atoms with Gasteiger partial charge in [-0.05, 0) is 90.5 Å². The molecule has 1 N–H and O–H groups in total. The van der Waals surface area contributed by atoms with Crippen LogP contribution >= 0.6 is 22.6 Å². The molecule has 3 aliphatic rings. The van der Waals surface area contributed by atoms with Crippen LogP contribution in [0.3, 0.4) is 0 Å². The molecule has 0 amide bonds. The van der Waals surface area contributed by atoms with Crippen LogP contribution in [0.25, 0.3) is 0 Å². The first-order valence-electron chi connectivity index (χ1n) is 11.2. The summed E-state index contributed by atoms with van der Waals surface area (Å²) >= 11 is 2.57. The van der Waals surface area contributed by atoms with Gasteiger partial charge >= 0.3 is 0 Å². The highest BCUT2D eigenvalue weighted by molar-refractivity contribution is 14.1. The molecule has 0 heterocycles. The third kappa shape index (κ3) is 3.85. The van der Waals surface area contributed by atoms with Gasteiger partial charge in [0.15, 0.2) is 0 Å². The van der Waals surface area contributed by atoms with Crippen molar-refractivity contribution in [1.82, 2.24) is 0 Å². The average Bonchev–Trinajstić information content (AvgIpc) is 2.72. The fraction of sp³-hybridized carbons (Fsp3) is 0.538. The van der Waals surface area contributed by atoms with Crippen LogP contribution < -0.4 is 4.74 Å². The van der Waals surface area contributed by atoms with Crippen molar-refractivity contribution in [3.63, 3.8) is 0 Å². The molecule has 154 valence electrons. The van der Waals surface area contributed by atoms with Crippen LogP contribution in [0.1, 0.15) is 55.2 Å². The maximum atomic E-state index is 10.8. The Kier molecular flexibility index (Phi) is 5.63. The third-order valence-electron chi connectivity index (χ3n) is 7.82. The maximum absolute atomic E-state index is 10.8. The Bertz CT molecular complexity index is 851. The zero-order chi connectivity index (χ0) is 20.0. The summed E-state index contributed by atoms with van der Waals surface area (Å²) in [4.78, 5) is 0. The second-order valence-electron chi connectivity index (χ2n) is 9.53. The molecule has 1 unspecified atom stereocenters. The molecule has 0 spiro atoms. The van der Waals surface area contributed by atoms with E-state index in [9.17, 15) is 5.11 Å². The van der Waals surface area contributed by atoms with Gasteiger partial charge in [-0.15, -0.1) is 0 Å². The second-order valence-corrected chi connectivity index (χ2v) is 11.3. The molecule has 29 heavy (non-hydrogen) atoms. The van der Waals surface area contributed by atoms with Crippen molar-refractivity contribution >= 4 is 22.6 Å². The number of aliphatic hydroxyl groups is 1. The van der Waals surface area contributed by atoms with Crippen LogP contribution in [0.15, 0.2) is 48.5 Å². The number of aryl methyl sites for hydroxylation is 1. The Morgan fingerprint density at radius 1 is 1.03 bits per heavy atom. The van der Waals surface area contributed by atoms with Gasteiger partial charge in [0, 0.05) is 3.92 Å². The SMILES string of the molecule is C[C@@H]1C[C@@H]2c3ccc(OCc4ccccc4)cc3CC[C@H]2[C@@H]2C[C@H](I)C[C@H](O)C12. The summed E-state index contributed by atoms with van der Waals surface area (Å²) in [5.74, 6) is 4.21. The largest absolute Gasteiger partial charge is 0.489 e. The Morgan fingerprint density at radius 3 is 2.69 bits per heavy atom. The van der Waals surface area contributed by atoms with Crippen molar-refractivity contribution < 1.29 is 9.84 Å². The van der Waals surface area contributed by atoms with E-state index in [4.69, 9.17) is 4.74 Å². The summed E-state index contributed by atoms with van der Waals surface area (Å²) in [7, 11) is 0. The minimum atomic E-state index is -0.0956. The summed E-state index contributed by atoms with van der Waals surface area (Å²) in [6, 6.07) is 17.2. The highest BCUT2D eigenvalue weighted by atomic mass is 127. The maximum Gasteiger partial charge on any atom is 0.120 e. The number of hydrogen-bond acceptors (Lipinski definition) is 2. The molecule has 2 saturated carbocycles. The van der Waals surface area contributed by atoms with E-state index in [1.54, 1.807) is 5.56 Å². The lowest BCUT2D eigenvalue weighted by molar-refractivity contribution is -0.0525. The van der Waals surface area contributed by atoms with Crippen molar-refractivity contribution in [2.75, 3.05) is 0 Å². The standard InChI is InChI=1S/C26H31IO2/c1-16-11-23-21-10-8-20(29-15-17-5-3-2-4-6-17)12-18(21)7-9-22(23)24-13-19(27)14-25(28)26(16)24/h2-6,8,10,12,16,19,22-26,28H,7,9,11,13-15H2,1H3/t16-,19+,22-,23-,24+,25+,26?/m1/s1. The number of halogens is 1. The van der Waals surface area contributed by atoms with Gasteiger partial charge < -0.3 is 9.84 Å². The van der Waals surface area contributed by atoms with E-state index < -0.39 is 0 Å². The molecule has 3 aliphatic carbocycles. The third-order valence-corrected chi connectivity index (χ3v) is 8.84. The number of aliphatic hydroxyl groups excluding tert-OH is 1. The molecule has 2 aromatic carbocycles. The molecule has 0 radical (unpaired) electrons. The van der Waals surface area contributed by atoms with E-state index in [2.05, 4.69) is 72.0 Å². The normalized spacial score (nSPS) is 35.9. The lowest BCUT2D eigenvalue weighted by Gasteiger charge is -2.53. The summed E-state index contributed by atoms with van der Waals surface area (Å²) in [5.41, 5.74) is 4.26. The Hall–Kier alpha value is -1.07. The molecule has 0 saturated heterocycles. The topological polar surface area (TPSA) is 29.5 Å². The molecule has 0 bridgehead atoms. The number of rotatable bonds is 3. The van der Waals surface area contributed by atoms with Gasteiger partial charge in [-0.25, -0.2) is 0 Å².